The zero-order valence-electron chi connectivity index (χ0n) is 13.6. The molecule has 0 aromatic heterocycles. The Balaban J connectivity index is 0.00000208. The zero-order valence-corrected chi connectivity index (χ0v) is 14.4. The number of halogens is 1. The van der Waals surface area contributed by atoms with Crippen LogP contribution in [-0.2, 0) is 6.61 Å². The number of hydrogen-bond donors (Lipinski definition) is 1. The van der Waals surface area contributed by atoms with Crippen LogP contribution in [0.4, 0.5) is 0 Å². The maximum atomic E-state index is 12.6. The maximum absolute atomic E-state index is 12.6. The molecule has 0 bridgehead atoms. The zero-order chi connectivity index (χ0) is 16.1. The van der Waals surface area contributed by atoms with Gasteiger partial charge in [-0.1, -0.05) is 36.4 Å². The van der Waals surface area contributed by atoms with Crippen LogP contribution >= 0.6 is 12.4 Å². The molecule has 1 heterocycles. The quantitative estimate of drug-likeness (QED) is 0.924. The summed E-state index contributed by atoms with van der Waals surface area (Å²) in [5, 5.41) is 0. The first-order valence-corrected chi connectivity index (χ1v) is 8.04. The van der Waals surface area contributed by atoms with Gasteiger partial charge in [-0.15, -0.1) is 12.4 Å². The lowest BCUT2D eigenvalue weighted by Gasteiger charge is -2.30. The second kappa shape index (κ2) is 8.71. The van der Waals surface area contributed by atoms with Gasteiger partial charge in [-0.2, -0.15) is 0 Å². The summed E-state index contributed by atoms with van der Waals surface area (Å²) in [6, 6.07) is 17.4. The Bertz CT molecular complexity index is 663. The highest BCUT2D eigenvalue weighted by atomic mass is 35.5. The predicted octanol–water partition coefficient (Wildman–Crippen LogP) is 3.25. The van der Waals surface area contributed by atoms with Crippen molar-refractivity contribution in [2.24, 2.45) is 5.73 Å². The summed E-state index contributed by atoms with van der Waals surface area (Å²) in [6.07, 6.45) is 1.96. The van der Waals surface area contributed by atoms with Crippen molar-refractivity contribution in [3.8, 4) is 5.75 Å². The highest BCUT2D eigenvalue weighted by Gasteiger charge is 2.22. The number of nitrogens with two attached hydrogens (primary N) is 1. The minimum absolute atomic E-state index is 0. The molecule has 2 N–H and O–H groups in total. The average molecular weight is 347 g/mol. The molecular weight excluding hydrogens is 324 g/mol. The van der Waals surface area contributed by atoms with Crippen molar-refractivity contribution in [1.82, 2.24) is 4.90 Å². The second-order valence-electron chi connectivity index (χ2n) is 5.96. The fraction of sp³-hybridized carbons (Fsp3) is 0.316. The molecule has 128 valence electrons. The van der Waals surface area contributed by atoms with E-state index in [1.807, 2.05) is 59.5 Å². The van der Waals surface area contributed by atoms with E-state index in [-0.39, 0.29) is 24.4 Å². The number of hydrogen-bond acceptors (Lipinski definition) is 3. The molecule has 2 aromatic rings. The van der Waals surface area contributed by atoms with E-state index in [0.29, 0.717) is 24.5 Å². The Labute approximate surface area is 149 Å². The Hall–Kier alpha value is -2.04. The van der Waals surface area contributed by atoms with Crippen LogP contribution < -0.4 is 10.5 Å². The van der Waals surface area contributed by atoms with Gasteiger partial charge in [-0.25, -0.2) is 0 Å². The van der Waals surface area contributed by atoms with Gasteiger partial charge in [0.25, 0.3) is 5.91 Å². The van der Waals surface area contributed by atoms with Crippen LogP contribution in [0.15, 0.2) is 54.6 Å². The van der Waals surface area contributed by atoms with E-state index in [9.17, 15) is 4.79 Å². The van der Waals surface area contributed by atoms with E-state index < -0.39 is 0 Å². The lowest BCUT2D eigenvalue weighted by molar-refractivity contribution is 0.0708. The van der Waals surface area contributed by atoms with Crippen LogP contribution in [0, 0.1) is 0 Å². The van der Waals surface area contributed by atoms with Crippen molar-refractivity contribution in [3.05, 3.63) is 65.7 Å². The third kappa shape index (κ3) is 4.73. The number of nitrogens with zero attached hydrogens (tertiary/aromatic N) is 1. The topological polar surface area (TPSA) is 55.6 Å². The molecule has 0 radical (unpaired) electrons. The molecule has 1 aliphatic rings. The molecule has 3 rings (SSSR count). The van der Waals surface area contributed by atoms with E-state index in [1.54, 1.807) is 0 Å². The molecule has 1 atom stereocenters. The van der Waals surface area contributed by atoms with E-state index in [0.717, 1.165) is 24.9 Å². The highest BCUT2D eigenvalue weighted by Crippen LogP contribution is 2.18. The standard InChI is InChI=1S/C19H22N2O2.ClH/c20-17-9-5-11-21(13-17)19(22)16-8-4-10-18(12-16)23-14-15-6-2-1-3-7-15;/h1-4,6-8,10,12,17H,5,9,11,13-14,20H2;1H/t17-;/m1./s1. The Morgan fingerprint density at radius 1 is 1.17 bits per heavy atom. The third-order valence-electron chi connectivity index (χ3n) is 4.07. The number of benzene rings is 2. The van der Waals surface area contributed by atoms with Gasteiger partial charge < -0.3 is 15.4 Å². The summed E-state index contributed by atoms with van der Waals surface area (Å²) in [4.78, 5) is 14.4. The molecule has 4 nitrogen and oxygen atoms in total. The lowest BCUT2D eigenvalue weighted by Crippen LogP contribution is -2.45. The molecule has 24 heavy (non-hydrogen) atoms. The highest BCUT2D eigenvalue weighted by molar-refractivity contribution is 5.94. The van der Waals surface area contributed by atoms with Crippen molar-refractivity contribution in [3.63, 3.8) is 0 Å². The van der Waals surface area contributed by atoms with Crippen molar-refractivity contribution in [2.45, 2.75) is 25.5 Å². The lowest BCUT2D eigenvalue weighted by atomic mass is 10.1. The number of ether oxygens (including phenoxy) is 1. The molecule has 1 saturated heterocycles. The number of likely N-dealkylation sites (tertiary alicyclic amines) is 1. The minimum Gasteiger partial charge on any atom is -0.489 e. The Morgan fingerprint density at radius 3 is 2.71 bits per heavy atom. The van der Waals surface area contributed by atoms with Crippen LogP contribution in [0.1, 0.15) is 28.8 Å². The predicted molar refractivity (Wildman–Crippen MR) is 97.6 cm³/mol. The van der Waals surface area contributed by atoms with Gasteiger partial charge in [-0.05, 0) is 36.6 Å². The van der Waals surface area contributed by atoms with Crippen LogP contribution in [0.2, 0.25) is 0 Å². The molecular formula is C19H23ClN2O2. The number of piperidine rings is 1. The maximum Gasteiger partial charge on any atom is 0.254 e. The molecule has 0 aliphatic carbocycles. The minimum atomic E-state index is 0. The summed E-state index contributed by atoms with van der Waals surface area (Å²) in [5.74, 6) is 0.742. The smallest absolute Gasteiger partial charge is 0.254 e. The van der Waals surface area contributed by atoms with E-state index >= 15 is 0 Å². The fourth-order valence-electron chi connectivity index (χ4n) is 2.84. The van der Waals surface area contributed by atoms with Crippen LogP contribution in [0.5, 0.6) is 5.75 Å². The second-order valence-corrected chi connectivity index (χ2v) is 5.96. The number of rotatable bonds is 4. The third-order valence-corrected chi connectivity index (χ3v) is 4.07. The summed E-state index contributed by atoms with van der Waals surface area (Å²) in [6.45, 7) is 1.91. The van der Waals surface area contributed by atoms with Gasteiger partial charge in [0.05, 0.1) is 0 Å². The average Bonchev–Trinajstić information content (AvgIpc) is 2.60. The molecule has 0 spiro atoms. The Kier molecular flexibility index (Phi) is 6.64. The number of carbonyl (C=O) groups is 1. The molecule has 1 amide bonds. The molecule has 2 aromatic carbocycles. The SMILES string of the molecule is Cl.N[C@@H]1CCCN(C(=O)c2cccc(OCc3ccccc3)c2)C1. The van der Waals surface area contributed by atoms with E-state index in [2.05, 4.69) is 0 Å². The monoisotopic (exact) mass is 346 g/mol. The first-order chi connectivity index (χ1) is 11.2. The Morgan fingerprint density at radius 2 is 1.96 bits per heavy atom. The van der Waals surface area contributed by atoms with Crippen molar-refractivity contribution in [1.29, 1.82) is 0 Å². The largest absolute Gasteiger partial charge is 0.489 e. The molecule has 0 unspecified atom stereocenters. The van der Waals surface area contributed by atoms with Crippen LogP contribution in [0.25, 0.3) is 0 Å². The van der Waals surface area contributed by atoms with Crippen molar-refractivity contribution < 1.29 is 9.53 Å². The first kappa shape index (κ1) is 18.3. The number of amides is 1. The van der Waals surface area contributed by atoms with Crippen molar-refractivity contribution >= 4 is 18.3 Å². The fourth-order valence-corrected chi connectivity index (χ4v) is 2.84. The van der Waals surface area contributed by atoms with Gasteiger partial charge in [0.1, 0.15) is 12.4 Å². The van der Waals surface area contributed by atoms with Crippen LogP contribution in [0.3, 0.4) is 0 Å². The first-order valence-electron chi connectivity index (χ1n) is 8.04. The summed E-state index contributed by atoms with van der Waals surface area (Å²) in [5.41, 5.74) is 7.72. The van der Waals surface area contributed by atoms with Gasteiger partial charge in [-0.3, -0.25) is 4.79 Å². The number of carbonyl (C=O) groups excluding carboxylic acids is 1. The van der Waals surface area contributed by atoms with Gasteiger partial charge in [0, 0.05) is 24.7 Å². The van der Waals surface area contributed by atoms with Gasteiger partial charge in [0.15, 0.2) is 0 Å². The van der Waals surface area contributed by atoms with E-state index in [4.69, 9.17) is 10.5 Å². The molecule has 5 heteroatoms. The molecule has 1 aliphatic heterocycles. The van der Waals surface area contributed by atoms with Gasteiger partial charge >= 0.3 is 0 Å². The van der Waals surface area contributed by atoms with Gasteiger partial charge in [0.2, 0.25) is 0 Å². The normalized spacial score (nSPS) is 17.0. The summed E-state index contributed by atoms with van der Waals surface area (Å²) < 4.78 is 5.80. The van der Waals surface area contributed by atoms with Crippen LogP contribution in [-0.4, -0.2) is 29.9 Å². The summed E-state index contributed by atoms with van der Waals surface area (Å²) >= 11 is 0. The van der Waals surface area contributed by atoms with E-state index in [1.165, 1.54) is 0 Å². The molecule has 0 saturated carbocycles. The van der Waals surface area contributed by atoms with Crippen molar-refractivity contribution in [2.75, 3.05) is 13.1 Å². The summed E-state index contributed by atoms with van der Waals surface area (Å²) in [7, 11) is 0. The molecule has 1 fully saturated rings.